The van der Waals surface area contributed by atoms with Crippen molar-refractivity contribution in [3.63, 3.8) is 0 Å². The monoisotopic (exact) mass is 301 g/mol. The van der Waals surface area contributed by atoms with Gasteiger partial charge in [-0.3, -0.25) is 0 Å². The van der Waals surface area contributed by atoms with Gasteiger partial charge in [0, 0.05) is 32.6 Å². The number of morpholine rings is 1. The molecule has 1 aromatic rings. The molecule has 0 bridgehead atoms. The van der Waals surface area contributed by atoms with E-state index in [0.717, 1.165) is 38.5 Å². The minimum atomic E-state index is 0.572. The van der Waals surface area contributed by atoms with E-state index in [1.165, 1.54) is 17.9 Å². The Hall–Kier alpha value is -1.55. The second-order valence-electron chi connectivity index (χ2n) is 6.62. The minimum Gasteiger partial charge on any atom is -0.378 e. The fraction of sp³-hybridized carbons (Fsp3) is 0.611. The van der Waals surface area contributed by atoms with E-state index in [9.17, 15) is 0 Å². The van der Waals surface area contributed by atoms with Crippen LogP contribution < -0.4 is 4.90 Å². The zero-order valence-electron chi connectivity index (χ0n) is 14.0. The molecule has 1 aromatic carbocycles. The maximum Gasteiger partial charge on any atom is 0.108 e. The second kappa shape index (κ2) is 6.69. The van der Waals surface area contributed by atoms with Gasteiger partial charge < -0.3 is 14.5 Å². The van der Waals surface area contributed by atoms with Gasteiger partial charge in [0.2, 0.25) is 0 Å². The summed E-state index contributed by atoms with van der Waals surface area (Å²) in [5.41, 5.74) is 2.33. The summed E-state index contributed by atoms with van der Waals surface area (Å²) in [7, 11) is 2.17. The van der Waals surface area contributed by atoms with Crippen molar-refractivity contribution in [1.82, 2.24) is 4.90 Å². The van der Waals surface area contributed by atoms with Crippen molar-refractivity contribution >= 4 is 17.2 Å². The van der Waals surface area contributed by atoms with Crippen LogP contribution in [0.15, 0.2) is 29.3 Å². The highest BCUT2D eigenvalue weighted by Crippen LogP contribution is 2.33. The Morgan fingerprint density at radius 2 is 1.86 bits per heavy atom. The smallest absolute Gasteiger partial charge is 0.108 e. The van der Waals surface area contributed by atoms with Crippen LogP contribution >= 0.6 is 0 Å². The summed E-state index contributed by atoms with van der Waals surface area (Å²) in [5.74, 6) is 2.46. The van der Waals surface area contributed by atoms with Gasteiger partial charge in [0.15, 0.2) is 0 Å². The molecule has 3 rings (SSSR count). The molecular formula is C18H27N3O. The number of hydrogen-bond acceptors (Lipinski definition) is 3. The lowest BCUT2D eigenvalue weighted by atomic mass is 9.94. The van der Waals surface area contributed by atoms with E-state index in [-0.39, 0.29) is 0 Å². The quantitative estimate of drug-likeness (QED) is 0.858. The molecule has 2 saturated heterocycles. The number of benzene rings is 1. The topological polar surface area (TPSA) is 28.1 Å². The molecule has 0 amide bonds. The third-order valence-electron chi connectivity index (χ3n) is 4.77. The third kappa shape index (κ3) is 3.12. The van der Waals surface area contributed by atoms with Crippen molar-refractivity contribution < 1.29 is 4.74 Å². The van der Waals surface area contributed by atoms with Crippen molar-refractivity contribution in [2.45, 2.75) is 20.3 Å². The first kappa shape index (κ1) is 15.3. The Balaban J connectivity index is 1.92. The number of hydrogen-bond donors (Lipinski definition) is 0. The zero-order valence-corrected chi connectivity index (χ0v) is 14.0. The summed E-state index contributed by atoms with van der Waals surface area (Å²) in [6.45, 7) is 9.22. The molecule has 0 spiro atoms. The lowest BCUT2D eigenvalue weighted by Crippen LogP contribution is -2.36. The first-order valence-corrected chi connectivity index (χ1v) is 8.38. The highest BCUT2D eigenvalue weighted by molar-refractivity contribution is 5.90. The Bertz CT molecular complexity index is 535. The number of rotatable bonds is 3. The van der Waals surface area contributed by atoms with Crippen LogP contribution in [0.5, 0.6) is 0 Å². The lowest BCUT2D eigenvalue weighted by Gasteiger charge is -2.30. The normalized spacial score (nSPS) is 24.5. The predicted molar refractivity (Wildman–Crippen MR) is 92.1 cm³/mol. The summed E-state index contributed by atoms with van der Waals surface area (Å²) in [6, 6.07) is 8.51. The Labute approximate surface area is 133 Å². The van der Waals surface area contributed by atoms with Gasteiger partial charge in [-0.25, -0.2) is 4.99 Å². The molecule has 1 atom stereocenters. The molecule has 1 unspecified atom stereocenters. The molecule has 0 saturated carbocycles. The molecule has 0 aromatic heterocycles. The maximum absolute atomic E-state index is 5.47. The fourth-order valence-corrected chi connectivity index (χ4v) is 3.41. The van der Waals surface area contributed by atoms with Crippen LogP contribution in [0.3, 0.4) is 0 Å². The highest BCUT2D eigenvalue weighted by atomic mass is 16.5. The van der Waals surface area contributed by atoms with Crippen LogP contribution in [0, 0.1) is 11.8 Å². The second-order valence-corrected chi connectivity index (χ2v) is 6.62. The van der Waals surface area contributed by atoms with Crippen molar-refractivity contribution in [3.05, 3.63) is 24.3 Å². The number of anilines is 1. The molecule has 2 aliphatic heterocycles. The van der Waals surface area contributed by atoms with Gasteiger partial charge in [0.1, 0.15) is 5.84 Å². The summed E-state index contributed by atoms with van der Waals surface area (Å²) in [6.07, 6.45) is 1.22. The van der Waals surface area contributed by atoms with E-state index in [0.29, 0.717) is 11.8 Å². The van der Waals surface area contributed by atoms with Crippen molar-refractivity contribution in [1.29, 1.82) is 0 Å². The lowest BCUT2D eigenvalue weighted by molar-refractivity contribution is 0.123. The van der Waals surface area contributed by atoms with Crippen LogP contribution in [0.25, 0.3) is 0 Å². The molecule has 2 heterocycles. The number of likely N-dealkylation sites (tertiary alicyclic amines) is 1. The number of amidine groups is 1. The molecule has 0 N–H and O–H groups in total. The molecular weight excluding hydrogens is 274 g/mol. The van der Waals surface area contributed by atoms with E-state index in [2.05, 4.69) is 55.0 Å². The first-order chi connectivity index (χ1) is 10.7. The van der Waals surface area contributed by atoms with Gasteiger partial charge in [-0.2, -0.15) is 0 Å². The summed E-state index contributed by atoms with van der Waals surface area (Å²) < 4.78 is 5.47. The number of para-hydroxylation sites is 2. The molecule has 22 heavy (non-hydrogen) atoms. The first-order valence-electron chi connectivity index (χ1n) is 8.38. The van der Waals surface area contributed by atoms with Crippen molar-refractivity contribution in [3.8, 4) is 0 Å². The van der Waals surface area contributed by atoms with E-state index >= 15 is 0 Å². The molecule has 120 valence electrons. The van der Waals surface area contributed by atoms with Crippen LogP contribution in [0.4, 0.5) is 11.4 Å². The van der Waals surface area contributed by atoms with Gasteiger partial charge >= 0.3 is 0 Å². The summed E-state index contributed by atoms with van der Waals surface area (Å²) in [5, 5.41) is 0. The largest absolute Gasteiger partial charge is 0.378 e. The van der Waals surface area contributed by atoms with Crippen LogP contribution in [-0.4, -0.2) is 50.6 Å². The fourth-order valence-electron chi connectivity index (χ4n) is 3.41. The van der Waals surface area contributed by atoms with Gasteiger partial charge in [0.05, 0.1) is 24.6 Å². The average molecular weight is 301 g/mol. The maximum atomic E-state index is 5.47. The van der Waals surface area contributed by atoms with Crippen molar-refractivity contribution in [2.75, 3.05) is 44.8 Å². The molecule has 0 radical (unpaired) electrons. The van der Waals surface area contributed by atoms with Crippen molar-refractivity contribution in [2.24, 2.45) is 16.8 Å². The third-order valence-corrected chi connectivity index (χ3v) is 4.77. The predicted octanol–water partition coefficient (Wildman–Crippen LogP) is 3.16. The Morgan fingerprint density at radius 1 is 1.14 bits per heavy atom. The Kier molecular flexibility index (Phi) is 4.67. The van der Waals surface area contributed by atoms with Gasteiger partial charge in [-0.15, -0.1) is 0 Å². The minimum absolute atomic E-state index is 0.572. The van der Waals surface area contributed by atoms with Crippen LogP contribution in [-0.2, 0) is 4.74 Å². The molecule has 2 aliphatic rings. The zero-order chi connectivity index (χ0) is 15.5. The summed E-state index contributed by atoms with van der Waals surface area (Å²) in [4.78, 5) is 9.79. The molecule has 2 fully saturated rings. The van der Waals surface area contributed by atoms with E-state index in [1.807, 2.05) is 0 Å². The highest BCUT2D eigenvalue weighted by Gasteiger charge is 2.29. The standard InChI is InChI=1S/C18H27N3O/c1-14(2)15-8-9-20(3)18(15)19-16-6-4-5-7-17(16)21-10-12-22-13-11-21/h4-7,14-15H,8-13H2,1-3H3. The molecule has 4 nitrogen and oxygen atoms in total. The van der Waals surface area contributed by atoms with Crippen LogP contribution in [0.1, 0.15) is 20.3 Å². The average Bonchev–Trinajstić information content (AvgIpc) is 2.90. The van der Waals surface area contributed by atoms with E-state index in [4.69, 9.17) is 9.73 Å². The van der Waals surface area contributed by atoms with E-state index < -0.39 is 0 Å². The number of aliphatic imine (C=N–C) groups is 1. The summed E-state index contributed by atoms with van der Waals surface area (Å²) >= 11 is 0. The van der Waals surface area contributed by atoms with Gasteiger partial charge in [-0.1, -0.05) is 26.0 Å². The molecule has 4 heteroatoms. The van der Waals surface area contributed by atoms with Crippen LogP contribution in [0.2, 0.25) is 0 Å². The van der Waals surface area contributed by atoms with Gasteiger partial charge in [-0.05, 0) is 24.5 Å². The Morgan fingerprint density at radius 3 is 2.59 bits per heavy atom. The van der Waals surface area contributed by atoms with E-state index in [1.54, 1.807) is 0 Å². The number of ether oxygens (including phenoxy) is 1. The van der Waals surface area contributed by atoms with Gasteiger partial charge in [0.25, 0.3) is 0 Å². The SMILES string of the molecule is CC(C)C1CCN(C)C1=Nc1ccccc1N1CCOCC1. The molecule has 0 aliphatic carbocycles. The number of nitrogens with zero attached hydrogens (tertiary/aromatic N) is 3.